The largest absolute Gasteiger partial charge is 0.466 e. The molecule has 0 saturated carbocycles. The van der Waals surface area contributed by atoms with Crippen LogP contribution in [0.5, 0.6) is 0 Å². The van der Waals surface area contributed by atoms with Crippen LogP contribution in [0.2, 0.25) is 0 Å². The van der Waals surface area contributed by atoms with Crippen molar-refractivity contribution in [1.29, 1.82) is 0 Å². The molecular weight excluding hydrogens is 691 g/mol. The van der Waals surface area contributed by atoms with E-state index in [1.54, 1.807) is 0 Å². The van der Waals surface area contributed by atoms with E-state index in [4.69, 9.17) is 4.42 Å². The van der Waals surface area contributed by atoms with Crippen molar-refractivity contribution in [3.05, 3.63) is 150 Å². The van der Waals surface area contributed by atoms with Crippen molar-refractivity contribution in [2.45, 2.75) is 85.5 Å². The van der Waals surface area contributed by atoms with Crippen molar-refractivity contribution in [2.24, 2.45) is 0 Å². The van der Waals surface area contributed by atoms with Gasteiger partial charge in [0.25, 0.3) is 0 Å². The van der Waals surface area contributed by atoms with Crippen LogP contribution in [0.25, 0.3) is 55.4 Å². The molecule has 4 heteroatoms. The number of hydrogen-bond acceptors (Lipinski definition) is 2. The fourth-order valence-corrected chi connectivity index (χ4v) is 9.45. The third-order valence-electron chi connectivity index (χ3n) is 12.6. The van der Waals surface area contributed by atoms with Crippen molar-refractivity contribution < 1.29 is 4.42 Å². The summed E-state index contributed by atoms with van der Waals surface area (Å²) < 4.78 is 9.94. The summed E-state index contributed by atoms with van der Waals surface area (Å²) in [6.45, 7) is 23.0. The predicted molar refractivity (Wildman–Crippen MR) is 244 cm³/mol. The smallest absolute Gasteiger partial charge is 0.376 e. The number of benzene rings is 6. The van der Waals surface area contributed by atoms with Crippen LogP contribution >= 0.6 is 0 Å². The first-order valence-corrected chi connectivity index (χ1v) is 20.6. The number of rotatable bonds is 3. The highest BCUT2D eigenvalue weighted by Crippen LogP contribution is 2.52. The van der Waals surface area contributed by atoms with Crippen LogP contribution in [0.3, 0.4) is 0 Å². The summed E-state index contributed by atoms with van der Waals surface area (Å²) in [6.07, 6.45) is 0. The lowest BCUT2D eigenvalue weighted by molar-refractivity contribution is 0.589. The van der Waals surface area contributed by atoms with E-state index in [1.165, 1.54) is 77.8 Å². The molecule has 2 aliphatic heterocycles. The van der Waals surface area contributed by atoms with Gasteiger partial charge in [-0.2, -0.15) is 0 Å². The summed E-state index contributed by atoms with van der Waals surface area (Å²) >= 11 is 0. The zero-order chi connectivity index (χ0) is 39.8. The first kappa shape index (κ1) is 35.7. The molecule has 6 aromatic carbocycles. The molecular formula is C53H51BN2O. The Kier molecular flexibility index (Phi) is 7.59. The van der Waals surface area contributed by atoms with Gasteiger partial charge in [-0.15, -0.1) is 0 Å². The van der Waals surface area contributed by atoms with E-state index in [0.717, 1.165) is 28.0 Å². The molecule has 0 atom stereocenters. The molecule has 10 rings (SSSR count). The van der Waals surface area contributed by atoms with Crippen molar-refractivity contribution in [3.63, 3.8) is 0 Å². The fourth-order valence-electron chi connectivity index (χ4n) is 9.45. The van der Waals surface area contributed by atoms with Gasteiger partial charge in [-0.3, -0.25) is 0 Å². The van der Waals surface area contributed by atoms with E-state index in [-0.39, 0.29) is 23.1 Å². The molecule has 0 bridgehead atoms. The van der Waals surface area contributed by atoms with Gasteiger partial charge in [0.1, 0.15) is 11.2 Å². The zero-order valence-corrected chi connectivity index (χ0v) is 35.0. The summed E-state index contributed by atoms with van der Waals surface area (Å²) in [5.74, 6) is 0. The van der Waals surface area contributed by atoms with E-state index in [0.29, 0.717) is 0 Å². The second kappa shape index (κ2) is 12.1. The highest BCUT2D eigenvalue weighted by molar-refractivity contribution is 6.89. The summed E-state index contributed by atoms with van der Waals surface area (Å²) in [6, 6.07) is 47.8. The van der Waals surface area contributed by atoms with E-state index in [2.05, 4.69) is 206 Å². The predicted octanol–water partition coefficient (Wildman–Crippen LogP) is 13.3. The lowest BCUT2D eigenvalue weighted by atomic mass is 9.47. The minimum absolute atomic E-state index is 0.0427. The molecule has 2 aromatic heterocycles. The van der Waals surface area contributed by atoms with Gasteiger partial charge in [-0.25, -0.2) is 0 Å². The molecule has 0 unspecified atom stereocenters. The maximum absolute atomic E-state index is 7.26. The quantitative estimate of drug-likeness (QED) is 0.168. The maximum Gasteiger partial charge on any atom is 0.376 e. The van der Waals surface area contributed by atoms with Crippen LogP contribution in [-0.2, 0) is 16.2 Å². The Morgan fingerprint density at radius 3 is 1.84 bits per heavy atom. The van der Waals surface area contributed by atoms with Crippen LogP contribution < -0.4 is 16.0 Å². The minimum Gasteiger partial charge on any atom is -0.466 e. The van der Waals surface area contributed by atoms with Crippen molar-refractivity contribution >= 4 is 56.9 Å². The number of aryl methyl sites for hydroxylation is 1. The molecule has 2 aliphatic rings. The Hall–Kier alpha value is -5.74. The highest BCUT2D eigenvalue weighted by atomic mass is 16.3. The van der Waals surface area contributed by atoms with Gasteiger partial charge in [0.05, 0.1) is 5.69 Å². The Bertz CT molecular complexity index is 2910. The van der Waals surface area contributed by atoms with E-state index < -0.39 is 0 Å². The minimum atomic E-state index is -0.209. The standard InChI is InChI=1S/C53H51BN2O/c1-32-18-14-15-21-38(32)48-45(33-19-12-11-13-20-33)42-30-35(52(5,6)7)29-41-40-28-36(53(8,9)10)31-43-46(40)54(56(48)47(41)42)50-49(39-22-16-17-23-44(39)57-50)55(43)37-26-24-34(25-27-37)51(2,3)4/h11-31H,1-10H3. The Balaban J connectivity index is 1.43. The molecule has 0 fully saturated rings. The van der Waals surface area contributed by atoms with Gasteiger partial charge < -0.3 is 13.8 Å². The van der Waals surface area contributed by atoms with Gasteiger partial charge in [-0.1, -0.05) is 147 Å². The number of aromatic nitrogens is 1. The van der Waals surface area contributed by atoms with Gasteiger partial charge in [-0.05, 0) is 104 Å². The molecule has 4 heterocycles. The van der Waals surface area contributed by atoms with Crippen LogP contribution in [0, 0.1) is 6.92 Å². The number of fused-ring (bicyclic) bond motifs is 6. The molecule has 0 amide bonds. The Morgan fingerprint density at radius 1 is 0.544 bits per heavy atom. The van der Waals surface area contributed by atoms with Gasteiger partial charge in [0.15, 0.2) is 0 Å². The van der Waals surface area contributed by atoms with E-state index in [1.807, 2.05) is 0 Å². The summed E-state index contributed by atoms with van der Waals surface area (Å²) in [5, 5.41) is 2.41. The van der Waals surface area contributed by atoms with Gasteiger partial charge in [0, 0.05) is 50.0 Å². The Labute approximate surface area is 338 Å². The Morgan fingerprint density at radius 2 is 1.16 bits per heavy atom. The first-order valence-electron chi connectivity index (χ1n) is 20.6. The fraction of sp³-hybridized carbons (Fsp3) is 0.245. The van der Waals surface area contributed by atoms with E-state index >= 15 is 0 Å². The van der Waals surface area contributed by atoms with Crippen molar-refractivity contribution in [1.82, 2.24) is 4.48 Å². The number of para-hydroxylation sites is 1. The lowest BCUT2D eigenvalue weighted by Gasteiger charge is -2.40. The maximum atomic E-state index is 7.26. The van der Waals surface area contributed by atoms with Crippen LogP contribution in [0.15, 0.2) is 132 Å². The molecule has 0 saturated heterocycles. The molecule has 3 nitrogen and oxygen atoms in total. The molecule has 0 aliphatic carbocycles. The second-order valence-corrected chi connectivity index (χ2v) is 19.5. The van der Waals surface area contributed by atoms with Crippen LogP contribution in [-0.4, -0.2) is 11.3 Å². The summed E-state index contributed by atoms with van der Waals surface area (Å²) in [7, 11) is 0. The first-order chi connectivity index (χ1) is 27.1. The highest BCUT2D eigenvalue weighted by Gasteiger charge is 2.48. The number of hydrogen-bond donors (Lipinski definition) is 0. The summed E-state index contributed by atoms with van der Waals surface area (Å²) in [4.78, 5) is 2.52. The van der Waals surface area contributed by atoms with E-state index in [9.17, 15) is 0 Å². The topological polar surface area (TPSA) is 21.3 Å². The number of nitrogens with zero attached hydrogens (tertiary/aromatic N) is 2. The van der Waals surface area contributed by atoms with Gasteiger partial charge >= 0.3 is 6.85 Å². The SMILES string of the molecule is Cc1ccccc1-c1c(-c2ccccc2)c2cc(C(C)(C)C)cc3c2n1B1c2oc4ccccc4c2N(c2ccc(C(C)(C)C)cc2)c2cc(C(C)(C)C)cc-3c21. The third kappa shape index (κ3) is 5.33. The lowest BCUT2D eigenvalue weighted by Crippen LogP contribution is -2.56. The second-order valence-electron chi connectivity index (χ2n) is 19.5. The van der Waals surface area contributed by atoms with Crippen LogP contribution in [0.4, 0.5) is 17.1 Å². The molecule has 8 aromatic rings. The monoisotopic (exact) mass is 742 g/mol. The van der Waals surface area contributed by atoms with Gasteiger partial charge in [0.2, 0.25) is 0 Å². The summed E-state index contributed by atoms with van der Waals surface area (Å²) in [5.41, 5.74) is 20.6. The molecule has 282 valence electrons. The molecule has 0 radical (unpaired) electrons. The van der Waals surface area contributed by atoms with Crippen molar-refractivity contribution in [3.8, 4) is 33.5 Å². The normalized spacial score (nSPS) is 13.7. The van der Waals surface area contributed by atoms with Crippen molar-refractivity contribution in [2.75, 3.05) is 4.90 Å². The third-order valence-corrected chi connectivity index (χ3v) is 12.6. The zero-order valence-electron chi connectivity index (χ0n) is 35.0. The average Bonchev–Trinajstić information content (AvgIpc) is 3.72. The molecule has 0 N–H and O–H groups in total. The molecule has 0 spiro atoms. The van der Waals surface area contributed by atoms with Crippen LogP contribution in [0.1, 0.15) is 84.6 Å². The number of furan rings is 1. The average molecular weight is 743 g/mol. The molecule has 57 heavy (non-hydrogen) atoms. The number of anilines is 3.